The Labute approximate surface area is 222 Å². The average Bonchev–Trinajstić information content (AvgIpc) is 3.75. The van der Waals surface area contributed by atoms with E-state index in [4.69, 9.17) is 4.42 Å². The number of nitrogens with one attached hydrogen (secondary N) is 1. The number of nitrogens with zero attached hydrogens (tertiary/aromatic N) is 1. The number of aromatic hydroxyl groups is 1. The molecule has 0 amide bonds. The Kier molecular flexibility index (Phi) is 7.33. The molecule has 196 valence electrons. The van der Waals surface area contributed by atoms with Crippen LogP contribution in [0.25, 0.3) is 0 Å². The summed E-state index contributed by atoms with van der Waals surface area (Å²) in [5.74, 6) is 0.0827. The van der Waals surface area contributed by atoms with Gasteiger partial charge in [0.25, 0.3) is 10.0 Å². The van der Waals surface area contributed by atoms with Crippen LogP contribution in [-0.2, 0) is 16.4 Å². The summed E-state index contributed by atoms with van der Waals surface area (Å²) >= 11 is 0. The second-order valence-corrected chi connectivity index (χ2v) is 11.4. The van der Waals surface area contributed by atoms with E-state index in [1.54, 1.807) is 36.4 Å². The fraction of sp³-hybridized carbons (Fsp3) is 0.267. The molecule has 4 aromatic rings. The Morgan fingerprint density at radius 2 is 1.79 bits per heavy atom. The van der Waals surface area contributed by atoms with E-state index < -0.39 is 21.6 Å². The van der Waals surface area contributed by atoms with E-state index in [0.717, 1.165) is 30.4 Å². The highest BCUT2D eigenvalue weighted by Gasteiger charge is 2.38. The van der Waals surface area contributed by atoms with Gasteiger partial charge in [0, 0.05) is 29.8 Å². The van der Waals surface area contributed by atoms with Gasteiger partial charge < -0.3 is 9.52 Å². The summed E-state index contributed by atoms with van der Waals surface area (Å²) in [6.45, 7) is 2.03. The Morgan fingerprint density at radius 1 is 1.03 bits per heavy atom. The number of anilines is 1. The first-order chi connectivity index (χ1) is 18.4. The summed E-state index contributed by atoms with van der Waals surface area (Å²) < 4.78 is 34.0. The maximum Gasteiger partial charge on any atom is 0.343 e. The normalized spacial score (nSPS) is 15.1. The van der Waals surface area contributed by atoms with Crippen molar-refractivity contribution in [3.8, 4) is 5.75 Å². The molecule has 1 saturated carbocycles. The first-order valence-electron chi connectivity index (χ1n) is 12.8. The predicted molar refractivity (Wildman–Crippen MR) is 146 cm³/mol. The molecule has 1 aliphatic carbocycles. The minimum absolute atomic E-state index is 0.0474. The molecule has 0 saturated heterocycles. The van der Waals surface area contributed by atoms with Crippen molar-refractivity contribution in [1.29, 1.82) is 0 Å². The first kappa shape index (κ1) is 25.7. The van der Waals surface area contributed by atoms with E-state index in [-0.39, 0.29) is 28.2 Å². The van der Waals surface area contributed by atoms with Crippen molar-refractivity contribution in [3.05, 3.63) is 118 Å². The fourth-order valence-corrected chi connectivity index (χ4v) is 5.95. The Morgan fingerprint density at radius 3 is 2.45 bits per heavy atom. The zero-order valence-electron chi connectivity index (χ0n) is 21.1. The third kappa shape index (κ3) is 5.65. The molecule has 0 unspecified atom stereocenters. The Hall–Kier alpha value is -3.91. The SMILES string of the molecule is CC[C@H](Cc1ccccc1)c1cc(O)c([C@H](c2cccc(NS(=O)(=O)c3ccccn3)c2)C2CC2)c(=O)o1. The highest BCUT2D eigenvalue weighted by atomic mass is 32.2. The maximum atomic E-state index is 13.3. The number of rotatable bonds is 10. The second-order valence-electron chi connectivity index (χ2n) is 9.74. The number of benzene rings is 2. The van der Waals surface area contributed by atoms with E-state index in [9.17, 15) is 18.3 Å². The van der Waals surface area contributed by atoms with Crippen LogP contribution in [0.1, 0.15) is 60.5 Å². The van der Waals surface area contributed by atoms with Crippen LogP contribution in [0.3, 0.4) is 0 Å². The van der Waals surface area contributed by atoms with Gasteiger partial charge in [-0.15, -0.1) is 0 Å². The Balaban J connectivity index is 1.46. The van der Waals surface area contributed by atoms with E-state index in [1.165, 1.54) is 12.3 Å². The molecule has 2 atom stereocenters. The fourth-order valence-electron chi connectivity index (χ4n) is 4.95. The van der Waals surface area contributed by atoms with Crippen molar-refractivity contribution in [2.75, 3.05) is 4.72 Å². The minimum Gasteiger partial charge on any atom is -0.507 e. The second kappa shape index (κ2) is 10.8. The number of sulfonamides is 1. The van der Waals surface area contributed by atoms with Crippen LogP contribution in [0, 0.1) is 5.92 Å². The molecule has 2 N–H and O–H groups in total. The van der Waals surface area contributed by atoms with Gasteiger partial charge in [0.05, 0.1) is 5.56 Å². The summed E-state index contributed by atoms with van der Waals surface area (Å²) in [5.41, 5.74) is 1.89. The molecular weight excluding hydrogens is 500 g/mol. The van der Waals surface area contributed by atoms with Crippen LogP contribution >= 0.6 is 0 Å². The molecular formula is C30H30N2O5S. The highest BCUT2D eigenvalue weighted by Crippen LogP contribution is 2.48. The molecule has 0 bridgehead atoms. The van der Waals surface area contributed by atoms with Gasteiger partial charge in [-0.25, -0.2) is 9.78 Å². The van der Waals surface area contributed by atoms with Crippen molar-refractivity contribution in [3.63, 3.8) is 0 Å². The van der Waals surface area contributed by atoms with Gasteiger partial charge in [-0.1, -0.05) is 55.5 Å². The van der Waals surface area contributed by atoms with Crippen molar-refractivity contribution in [2.24, 2.45) is 5.92 Å². The van der Waals surface area contributed by atoms with Crippen LogP contribution < -0.4 is 10.3 Å². The molecule has 2 heterocycles. The van der Waals surface area contributed by atoms with E-state index in [0.29, 0.717) is 17.9 Å². The third-order valence-electron chi connectivity index (χ3n) is 7.02. The summed E-state index contributed by atoms with van der Waals surface area (Å²) in [5, 5.41) is 11.0. The molecule has 5 rings (SSSR count). The maximum absolute atomic E-state index is 13.3. The molecule has 0 aliphatic heterocycles. The molecule has 2 aromatic heterocycles. The van der Waals surface area contributed by atoms with E-state index >= 15 is 0 Å². The summed E-state index contributed by atoms with van der Waals surface area (Å²) in [6.07, 6.45) is 4.68. The van der Waals surface area contributed by atoms with Crippen LogP contribution in [0.4, 0.5) is 5.69 Å². The Bertz CT molecular complexity index is 1570. The lowest BCUT2D eigenvalue weighted by atomic mass is 9.86. The zero-order chi connectivity index (χ0) is 26.7. The van der Waals surface area contributed by atoms with Gasteiger partial charge in [0.1, 0.15) is 11.5 Å². The molecule has 7 nitrogen and oxygen atoms in total. The van der Waals surface area contributed by atoms with Crippen molar-refractivity contribution < 1.29 is 17.9 Å². The number of hydrogen-bond acceptors (Lipinski definition) is 6. The van der Waals surface area contributed by atoms with Gasteiger partial charge in [0.2, 0.25) is 0 Å². The van der Waals surface area contributed by atoms with Crippen LogP contribution in [-0.4, -0.2) is 18.5 Å². The van der Waals surface area contributed by atoms with Crippen LogP contribution in [0.5, 0.6) is 5.75 Å². The summed E-state index contributed by atoms with van der Waals surface area (Å²) in [4.78, 5) is 17.3. The molecule has 1 fully saturated rings. The summed E-state index contributed by atoms with van der Waals surface area (Å²) in [6, 6.07) is 23.2. The molecule has 8 heteroatoms. The van der Waals surface area contributed by atoms with Gasteiger partial charge in [-0.2, -0.15) is 8.42 Å². The molecule has 2 aromatic carbocycles. The monoisotopic (exact) mass is 530 g/mol. The lowest BCUT2D eigenvalue weighted by Gasteiger charge is -2.20. The molecule has 0 radical (unpaired) electrons. The van der Waals surface area contributed by atoms with Crippen molar-refractivity contribution in [2.45, 2.75) is 49.5 Å². The number of hydrogen-bond donors (Lipinski definition) is 2. The van der Waals surface area contributed by atoms with Gasteiger partial charge >= 0.3 is 5.63 Å². The highest BCUT2D eigenvalue weighted by molar-refractivity contribution is 7.92. The zero-order valence-corrected chi connectivity index (χ0v) is 21.9. The standard InChI is InChI=1S/C30H30N2O5S/c1-2-21(17-20-9-4-3-5-10-20)26-19-25(33)29(30(34)37-26)28(22-14-15-22)23-11-8-12-24(18-23)32-38(35,36)27-13-6-7-16-31-27/h3-13,16,18-19,21-22,28,32-33H,2,14-15,17H2,1H3/t21-,28+/m1/s1. The van der Waals surface area contributed by atoms with E-state index in [1.807, 2.05) is 43.3 Å². The van der Waals surface area contributed by atoms with Crippen molar-refractivity contribution in [1.82, 2.24) is 4.98 Å². The van der Waals surface area contributed by atoms with Crippen LogP contribution in [0.15, 0.2) is 99.3 Å². The largest absolute Gasteiger partial charge is 0.507 e. The minimum atomic E-state index is -3.88. The van der Waals surface area contributed by atoms with Crippen LogP contribution in [0.2, 0.25) is 0 Å². The lowest BCUT2D eigenvalue weighted by Crippen LogP contribution is -2.18. The lowest BCUT2D eigenvalue weighted by molar-refractivity contribution is 0.379. The molecule has 0 spiro atoms. The van der Waals surface area contributed by atoms with E-state index in [2.05, 4.69) is 9.71 Å². The smallest absolute Gasteiger partial charge is 0.343 e. The summed E-state index contributed by atoms with van der Waals surface area (Å²) in [7, 11) is -3.88. The topological polar surface area (TPSA) is 110 Å². The van der Waals surface area contributed by atoms with Gasteiger partial charge in [0.15, 0.2) is 5.03 Å². The predicted octanol–water partition coefficient (Wildman–Crippen LogP) is 5.82. The van der Waals surface area contributed by atoms with Gasteiger partial charge in [-0.05, 0) is 67.0 Å². The quantitative estimate of drug-likeness (QED) is 0.267. The number of pyridine rings is 1. The third-order valence-corrected chi connectivity index (χ3v) is 8.32. The van der Waals surface area contributed by atoms with Gasteiger partial charge in [-0.3, -0.25) is 4.72 Å². The molecule has 1 aliphatic rings. The molecule has 38 heavy (non-hydrogen) atoms. The first-order valence-corrected chi connectivity index (χ1v) is 14.3. The number of aromatic nitrogens is 1. The van der Waals surface area contributed by atoms with Crippen molar-refractivity contribution >= 4 is 15.7 Å². The average molecular weight is 531 g/mol.